The maximum absolute atomic E-state index is 4.76. The smallest absolute Gasteiger partial charge is 0.0931 e. The molecule has 1 heterocycles. The molecule has 0 amide bonds. The van der Waals surface area contributed by atoms with Gasteiger partial charge in [0.2, 0.25) is 0 Å². The van der Waals surface area contributed by atoms with Gasteiger partial charge in [0.25, 0.3) is 0 Å². The van der Waals surface area contributed by atoms with Crippen molar-refractivity contribution in [3.8, 4) is 0 Å². The predicted molar refractivity (Wildman–Crippen MR) is 81.4 cm³/mol. The lowest BCUT2D eigenvalue weighted by Crippen LogP contribution is -2.39. The van der Waals surface area contributed by atoms with Gasteiger partial charge in [0.15, 0.2) is 0 Å². The van der Waals surface area contributed by atoms with Crippen LogP contribution in [0, 0.1) is 5.92 Å². The minimum Gasteiger partial charge on any atom is -0.312 e. The number of nitrogens with one attached hydrogen (secondary N) is 1. The molecular formula is C15H28N2S. The van der Waals surface area contributed by atoms with Crippen LogP contribution in [0.3, 0.4) is 0 Å². The fraction of sp³-hybridized carbons (Fsp3) is 0.800. The summed E-state index contributed by atoms with van der Waals surface area (Å²) in [5.74, 6) is 0.628. The Balaban J connectivity index is 2.50. The molecule has 0 saturated heterocycles. The van der Waals surface area contributed by atoms with E-state index in [4.69, 9.17) is 4.98 Å². The number of thiazole rings is 1. The zero-order chi connectivity index (χ0) is 14.0. The van der Waals surface area contributed by atoms with Crippen molar-refractivity contribution < 1.29 is 0 Å². The lowest BCUT2D eigenvalue weighted by atomic mass is 9.93. The number of hydrogen-bond donors (Lipinski definition) is 1. The molecule has 18 heavy (non-hydrogen) atoms. The van der Waals surface area contributed by atoms with Crippen molar-refractivity contribution in [2.24, 2.45) is 5.92 Å². The number of rotatable bonds is 4. The summed E-state index contributed by atoms with van der Waals surface area (Å²) >= 11 is 1.80. The Morgan fingerprint density at radius 3 is 2.28 bits per heavy atom. The highest BCUT2D eigenvalue weighted by Gasteiger charge is 2.18. The second-order valence-corrected chi connectivity index (χ2v) is 8.26. The van der Waals surface area contributed by atoms with Crippen molar-refractivity contribution in [3.63, 3.8) is 0 Å². The molecule has 1 atom stereocenters. The van der Waals surface area contributed by atoms with E-state index in [-0.39, 0.29) is 11.0 Å². The molecule has 0 bridgehead atoms. The molecule has 1 N–H and O–H groups in total. The van der Waals surface area contributed by atoms with Crippen molar-refractivity contribution in [2.75, 3.05) is 6.54 Å². The SMILES string of the molecule is CC(CNC(C)(C)C)Cc1nc(C(C)(C)C)cs1. The number of hydrogen-bond acceptors (Lipinski definition) is 3. The molecular weight excluding hydrogens is 240 g/mol. The van der Waals surface area contributed by atoms with Gasteiger partial charge in [-0.25, -0.2) is 4.98 Å². The van der Waals surface area contributed by atoms with Crippen LogP contribution in [-0.2, 0) is 11.8 Å². The van der Waals surface area contributed by atoms with E-state index in [1.165, 1.54) is 10.7 Å². The van der Waals surface area contributed by atoms with E-state index in [1.807, 2.05) is 0 Å². The highest BCUT2D eigenvalue weighted by Crippen LogP contribution is 2.25. The zero-order valence-electron chi connectivity index (χ0n) is 12.9. The average Bonchev–Trinajstić information content (AvgIpc) is 2.61. The van der Waals surface area contributed by atoms with Crippen molar-refractivity contribution in [2.45, 2.75) is 65.8 Å². The molecule has 0 fully saturated rings. The summed E-state index contributed by atoms with van der Waals surface area (Å²) in [4.78, 5) is 4.76. The first-order valence-corrected chi connectivity index (χ1v) is 7.66. The first kappa shape index (κ1) is 15.6. The highest BCUT2D eigenvalue weighted by molar-refractivity contribution is 7.09. The summed E-state index contributed by atoms with van der Waals surface area (Å²) < 4.78 is 0. The Bertz CT molecular complexity index is 369. The van der Waals surface area contributed by atoms with E-state index in [9.17, 15) is 0 Å². The molecule has 0 saturated carbocycles. The molecule has 1 unspecified atom stereocenters. The minimum atomic E-state index is 0.168. The van der Waals surface area contributed by atoms with E-state index in [0.29, 0.717) is 5.92 Å². The largest absolute Gasteiger partial charge is 0.312 e. The van der Waals surface area contributed by atoms with Gasteiger partial charge in [0.05, 0.1) is 10.7 Å². The molecule has 0 aliphatic heterocycles. The van der Waals surface area contributed by atoms with Gasteiger partial charge in [-0.15, -0.1) is 11.3 Å². The summed E-state index contributed by atoms with van der Waals surface area (Å²) in [7, 11) is 0. The minimum absolute atomic E-state index is 0.168. The van der Waals surface area contributed by atoms with Crippen LogP contribution < -0.4 is 5.32 Å². The van der Waals surface area contributed by atoms with Gasteiger partial charge >= 0.3 is 0 Å². The third-order valence-electron chi connectivity index (χ3n) is 2.82. The fourth-order valence-electron chi connectivity index (χ4n) is 1.60. The molecule has 0 spiro atoms. The first-order valence-electron chi connectivity index (χ1n) is 6.78. The van der Waals surface area contributed by atoms with Crippen molar-refractivity contribution in [1.82, 2.24) is 10.3 Å². The summed E-state index contributed by atoms with van der Waals surface area (Å²) in [5, 5.41) is 7.03. The molecule has 0 radical (unpaired) electrons. The first-order chi connectivity index (χ1) is 8.08. The van der Waals surface area contributed by atoms with Crippen LogP contribution in [0.2, 0.25) is 0 Å². The van der Waals surface area contributed by atoms with Crippen LogP contribution in [0.1, 0.15) is 59.2 Å². The third-order valence-corrected chi connectivity index (χ3v) is 3.70. The molecule has 1 aromatic heterocycles. The van der Waals surface area contributed by atoms with Gasteiger partial charge < -0.3 is 5.32 Å². The van der Waals surface area contributed by atoms with E-state index in [0.717, 1.165) is 13.0 Å². The van der Waals surface area contributed by atoms with Crippen LogP contribution in [0.5, 0.6) is 0 Å². The predicted octanol–water partition coefficient (Wildman–Crippen LogP) is 4.01. The normalized spacial score (nSPS) is 14.8. The van der Waals surface area contributed by atoms with Gasteiger partial charge in [-0.05, 0) is 33.2 Å². The Labute approximate surface area is 116 Å². The number of nitrogens with zero attached hydrogens (tertiary/aromatic N) is 1. The lowest BCUT2D eigenvalue weighted by Gasteiger charge is -2.23. The maximum Gasteiger partial charge on any atom is 0.0931 e. The average molecular weight is 268 g/mol. The summed E-state index contributed by atoms with van der Waals surface area (Å²) in [6.45, 7) is 16.6. The molecule has 3 heteroatoms. The van der Waals surface area contributed by atoms with Gasteiger partial charge in [-0.3, -0.25) is 0 Å². The van der Waals surface area contributed by atoms with Crippen molar-refractivity contribution in [3.05, 3.63) is 16.1 Å². The topological polar surface area (TPSA) is 24.9 Å². The molecule has 0 aromatic carbocycles. The van der Waals surface area contributed by atoms with E-state index >= 15 is 0 Å². The molecule has 0 aliphatic rings. The molecule has 1 rings (SSSR count). The Morgan fingerprint density at radius 1 is 1.22 bits per heavy atom. The Hall–Kier alpha value is -0.410. The van der Waals surface area contributed by atoms with Crippen LogP contribution in [-0.4, -0.2) is 17.1 Å². The van der Waals surface area contributed by atoms with Crippen molar-refractivity contribution in [1.29, 1.82) is 0 Å². The highest BCUT2D eigenvalue weighted by atomic mass is 32.1. The van der Waals surface area contributed by atoms with Gasteiger partial charge in [-0.2, -0.15) is 0 Å². The summed E-state index contributed by atoms with van der Waals surface area (Å²) in [6, 6.07) is 0. The third kappa shape index (κ3) is 5.49. The van der Waals surface area contributed by atoms with Crippen LogP contribution in [0.15, 0.2) is 5.38 Å². The molecule has 104 valence electrons. The van der Waals surface area contributed by atoms with Crippen LogP contribution >= 0.6 is 11.3 Å². The van der Waals surface area contributed by atoms with Gasteiger partial charge in [0, 0.05) is 22.8 Å². The number of aromatic nitrogens is 1. The standard InChI is InChI=1S/C15H28N2S/c1-11(9-16-15(5,6)7)8-13-17-12(10-18-13)14(2,3)4/h10-11,16H,8-9H2,1-7H3. The van der Waals surface area contributed by atoms with Crippen LogP contribution in [0.4, 0.5) is 0 Å². The zero-order valence-corrected chi connectivity index (χ0v) is 13.7. The molecule has 1 aromatic rings. The quantitative estimate of drug-likeness (QED) is 0.892. The molecule has 0 aliphatic carbocycles. The fourth-order valence-corrected chi connectivity index (χ4v) is 2.79. The summed E-state index contributed by atoms with van der Waals surface area (Å²) in [5.41, 5.74) is 1.59. The van der Waals surface area contributed by atoms with E-state index < -0.39 is 0 Å². The monoisotopic (exact) mass is 268 g/mol. The van der Waals surface area contributed by atoms with E-state index in [1.54, 1.807) is 11.3 Å². The Kier molecular flexibility index (Phi) is 4.96. The summed E-state index contributed by atoms with van der Waals surface area (Å²) in [6.07, 6.45) is 1.07. The van der Waals surface area contributed by atoms with Gasteiger partial charge in [0.1, 0.15) is 0 Å². The van der Waals surface area contributed by atoms with Crippen molar-refractivity contribution >= 4 is 11.3 Å². The van der Waals surface area contributed by atoms with E-state index in [2.05, 4.69) is 59.2 Å². The lowest BCUT2D eigenvalue weighted by molar-refractivity contribution is 0.381. The Morgan fingerprint density at radius 2 is 1.83 bits per heavy atom. The molecule has 2 nitrogen and oxygen atoms in total. The van der Waals surface area contributed by atoms with Crippen LogP contribution in [0.25, 0.3) is 0 Å². The maximum atomic E-state index is 4.76. The second kappa shape index (κ2) is 5.70. The van der Waals surface area contributed by atoms with Gasteiger partial charge in [-0.1, -0.05) is 27.7 Å². The second-order valence-electron chi connectivity index (χ2n) is 7.32.